The highest BCUT2D eigenvalue weighted by molar-refractivity contribution is 5.79. The van der Waals surface area contributed by atoms with Crippen molar-refractivity contribution in [2.45, 2.75) is 51.9 Å². The lowest BCUT2D eigenvalue weighted by atomic mass is 9.81. The molecule has 0 atom stereocenters. The maximum absolute atomic E-state index is 4.96. The molecule has 3 heteroatoms. The maximum Gasteiger partial charge on any atom is 0.110 e. The summed E-state index contributed by atoms with van der Waals surface area (Å²) < 4.78 is 2.26. The van der Waals surface area contributed by atoms with Gasteiger partial charge in [-0.3, -0.25) is 4.98 Å². The third-order valence-corrected chi connectivity index (χ3v) is 5.82. The Morgan fingerprint density at radius 3 is 2.32 bits per heavy atom. The van der Waals surface area contributed by atoms with Gasteiger partial charge in [0.1, 0.15) is 5.82 Å². The van der Waals surface area contributed by atoms with Crippen LogP contribution in [0.4, 0.5) is 0 Å². The number of fused-ring (bicyclic) bond motifs is 2. The van der Waals surface area contributed by atoms with Crippen LogP contribution in [0.3, 0.4) is 0 Å². The molecular formula is C25H29N3. The lowest BCUT2D eigenvalue weighted by Crippen LogP contribution is -2.22. The Hall–Kier alpha value is -2.68. The molecule has 0 radical (unpaired) electrons. The van der Waals surface area contributed by atoms with Crippen LogP contribution in [0.15, 0.2) is 54.7 Å². The number of pyridine rings is 1. The predicted octanol–water partition coefficient (Wildman–Crippen LogP) is 5.94. The van der Waals surface area contributed by atoms with E-state index in [1.807, 2.05) is 12.3 Å². The van der Waals surface area contributed by atoms with Gasteiger partial charge in [-0.2, -0.15) is 0 Å². The summed E-state index contributed by atoms with van der Waals surface area (Å²) in [5.41, 5.74) is 6.10. The zero-order chi connectivity index (χ0) is 20.1. The second-order valence-electron chi connectivity index (χ2n) is 9.51. The lowest BCUT2D eigenvalue weighted by Gasteiger charge is -2.25. The number of hydrogen-bond acceptors (Lipinski definition) is 2. The predicted molar refractivity (Wildman–Crippen MR) is 118 cm³/mol. The largest absolute Gasteiger partial charge is 0.331 e. The van der Waals surface area contributed by atoms with E-state index in [9.17, 15) is 0 Å². The molecule has 2 aromatic heterocycles. The van der Waals surface area contributed by atoms with Crippen molar-refractivity contribution in [2.75, 3.05) is 0 Å². The molecule has 0 spiro atoms. The zero-order valence-corrected chi connectivity index (χ0v) is 17.7. The minimum Gasteiger partial charge on any atom is -0.331 e. The standard InChI is InChI=1S/C25H29N3/c1-24(2,3)18-9-12-21-22(15-18)28(6)23(27-21)16-25(4,5)19-10-11-20-17(14-19)8-7-13-26-20/h7-15H,16H2,1-6H3. The van der Waals surface area contributed by atoms with E-state index in [1.165, 1.54) is 22.0 Å². The van der Waals surface area contributed by atoms with Crippen LogP contribution in [-0.4, -0.2) is 14.5 Å². The summed E-state index contributed by atoms with van der Waals surface area (Å²) in [7, 11) is 2.14. The molecule has 0 aliphatic rings. The van der Waals surface area contributed by atoms with E-state index in [0.29, 0.717) is 0 Å². The average Bonchev–Trinajstić information content (AvgIpc) is 2.95. The third kappa shape index (κ3) is 3.30. The molecule has 144 valence electrons. The number of aryl methyl sites for hydroxylation is 1. The quantitative estimate of drug-likeness (QED) is 0.446. The zero-order valence-electron chi connectivity index (χ0n) is 17.7. The van der Waals surface area contributed by atoms with Crippen LogP contribution in [0.5, 0.6) is 0 Å². The second kappa shape index (κ2) is 6.44. The van der Waals surface area contributed by atoms with Gasteiger partial charge in [0.15, 0.2) is 0 Å². The van der Waals surface area contributed by atoms with Gasteiger partial charge in [0, 0.05) is 25.1 Å². The Labute approximate surface area is 167 Å². The highest BCUT2D eigenvalue weighted by Gasteiger charge is 2.25. The van der Waals surface area contributed by atoms with Crippen LogP contribution >= 0.6 is 0 Å². The first-order chi connectivity index (χ1) is 13.1. The molecule has 2 heterocycles. The minimum atomic E-state index is -0.0218. The normalized spacial score (nSPS) is 12.8. The first-order valence-corrected chi connectivity index (χ1v) is 9.96. The van der Waals surface area contributed by atoms with Crippen LogP contribution in [0.25, 0.3) is 21.9 Å². The Bertz CT molecular complexity index is 1160. The molecule has 0 aliphatic carbocycles. The van der Waals surface area contributed by atoms with Crippen molar-refractivity contribution in [2.24, 2.45) is 7.05 Å². The van der Waals surface area contributed by atoms with E-state index >= 15 is 0 Å². The first kappa shape index (κ1) is 18.7. The van der Waals surface area contributed by atoms with Crippen molar-refractivity contribution in [3.05, 3.63) is 71.7 Å². The molecule has 2 aromatic carbocycles. The Balaban J connectivity index is 1.72. The van der Waals surface area contributed by atoms with Gasteiger partial charge >= 0.3 is 0 Å². The van der Waals surface area contributed by atoms with E-state index < -0.39 is 0 Å². The molecular weight excluding hydrogens is 342 g/mol. The molecule has 0 fully saturated rings. The molecule has 0 unspecified atom stereocenters. The maximum atomic E-state index is 4.96. The molecule has 4 aromatic rings. The van der Waals surface area contributed by atoms with Gasteiger partial charge in [-0.15, -0.1) is 0 Å². The van der Waals surface area contributed by atoms with E-state index in [0.717, 1.165) is 23.3 Å². The Morgan fingerprint density at radius 1 is 0.857 bits per heavy atom. The van der Waals surface area contributed by atoms with Gasteiger partial charge in [0.05, 0.1) is 16.6 Å². The summed E-state index contributed by atoms with van der Waals surface area (Å²) in [4.78, 5) is 9.40. The number of rotatable bonds is 3. The van der Waals surface area contributed by atoms with Crippen molar-refractivity contribution < 1.29 is 0 Å². The first-order valence-electron chi connectivity index (χ1n) is 9.96. The Morgan fingerprint density at radius 2 is 1.57 bits per heavy atom. The van der Waals surface area contributed by atoms with E-state index in [2.05, 4.69) is 93.7 Å². The number of benzene rings is 2. The van der Waals surface area contributed by atoms with Gasteiger partial charge in [-0.05, 0) is 52.3 Å². The minimum absolute atomic E-state index is 0.0218. The van der Waals surface area contributed by atoms with E-state index in [-0.39, 0.29) is 10.8 Å². The molecule has 0 amide bonds. The monoisotopic (exact) mass is 371 g/mol. The smallest absolute Gasteiger partial charge is 0.110 e. The van der Waals surface area contributed by atoms with Crippen LogP contribution in [0.1, 0.15) is 51.6 Å². The number of imidazole rings is 1. The van der Waals surface area contributed by atoms with Gasteiger partial charge in [-0.25, -0.2) is 4.98 Å². The van der Waals surface area contributed by atoms with Gasteiger partial charge in [-0.1, -0.05) is 52.8 Å². The molecule has 4 rings (SSSR count). The van der Waals surface area contributed by atoms with Crippen molar-refractivity contribution in [3.8, 4) is 0 Å². The van der Waals surface area contributed by atoms with Gasteiger partial charge < -0.3 is 4.57 Å². The fourth-order valence-electron chi connectivity index (χ4n) is 3.86. The molecule has 0 saturated carbocycles. The molecule has 0 saturated heterocycles. The van der Waals surface area contributed by atoms with Crippen LogP contribution in [0, 0.1) is 0 Å². The van der Waals surface area contributed by atoms with Gasteiger partial charge in [0.2, 0.25) is 0 Å². The number of hydrogen-bond donors (Lipinski definition) is 0. The summed E-state index contributed by atoms with van der Waals surface area (Å²) in [6.07, 6.45) is 2.73. The fourth-order valence-corrected chi connectivity index (χ4v) is 3.86. The van der Waals surface area contributed by atoms with Crippen molar-refractivity contribution >= 4 is 21.9 Å². The number of nitrogens with zero attached hydrogens (tertiary/aromatic N) is 3. The fraction of sp³-hybridized carbons (Fsp3) is 0.360. The molecule has 3 nitrogen and oxygen atoms in total. The summed E-state index contributed by atoms with van der Waals surface area (Å²) in [5, 5.41) is 1.19. The Kier molecular flexibility index (Phi) is 4.29. The van der Waals surface area contributed by atoms with E-state index in [4.69, 9.17) is 4.98 Å². The molecule has 0 bridgehead atoms. The summed E-state index contributed by atoms with van der Waals surface area (Å²) in [5.74, 6) is 1.12. The number of aromatic nitrogens is 3. The van der Waals surface area contributed by atoms with Crippen LogP contribution in [-0.2, 0) is 24.3 Å². The van der Waals surface area contributed by atoms with Crippen LogP contribution in [0.2, 0.25) is 0 Å². The summed E-state index contributed by atoms with van der Waals surface area (Å²) >= 11 is 0. The molecule has 28 heavy (non-hydrogen) atoms. The summed E-state index contributed by atoms with van der Waals surface area (Å²) in [6.45, 7) is 11.4. The summed E-state index contributed by atoms with van der Waals surface area (Å²) in [6, 6.07) is 17.4. The van der Waals surface area contributed by atoms with Crippen molar-refractivity contribution in [3.63, 3.8) is 0 Å². The van der Waals surface area contributed by atoms with Crippen LogP contribution < -0.4 is 0 Å². The van der Waals surface area contributed by atoms with E-state index in [1.54, 1.807) is 0 Å². The average molecular weight is 372 g/mol. The molecule has 0 aliphatic heterocycles. The molecule has 0 N–H and O–H groups in total. The topological polar surface area (TPSA) is 30.7 Å². The van der Waals surface area contributed by atoms with Crippen molar-refractivity contribution in [1.82, 2.24) is 14.5 Å². The lowest BCUT2D eigenvalue weighted by molar-refractivity contribution is 0.500. The second-order valence-corrected chi connectivity index (χ2v) is 9.51. The van der Waals surface area contributed by atoms with Crippen molar-refractivity contribution in [1.29, 1.82) is 0 Å². The van der Waals surface area contributed by atoms with Gasteiger partial charge in [0.25, 0.3) is 0 Å². The third-order valence-electron chi connectivity index (χ3n) is 5.82. The highest BCUT2D eigenvalue weighted by Crippen LogP contribution is 2.31. The highest BCUT2D eigenvalue weighted by atomic mass is 15.1. The SMILES string of the molecule is Cn1c(CC(C)(C)c2ccc3ncccc3c2)nc2ccc(C(C)(C)C)cc21.